The zero-order valence-electron chi connectivity index (χ0n) is 17.7. The van der Waals surface area contributed by atoms with Crippen LogP contribution in [-0.2, 0) is 6.18 Å². The minimum Gasteiger partial charge on any atom is -0.369 e. The molecule has 34 heavy (non-hydrogen) atoms. The van der Waals surface area contributed by atoms with Crippen LogP contribution >= 0.6 is 0 Å². The zero-order chi connectivity index (χ0) is 24.0. The van der Waals surface area contributed by atoms with Crippen LogP contribution in [0.15, 0.2) is 48.8 Å². The van der Waals surface area contributed by atoms with Gasteiger partial charge in [-0.1, -0.05) is 12.1 Å². The van der Waals surface area contributed by atoms with Crippen LogP contribution in [0.4, 0.5) is 23.2 Å². The smallest absolute Gasteiger partial charge is 0.369 e. The number of fused-ring (bicyclic) bond motifs is 1. The maximum absolute atomic E-state index is 14.0. The topological polar surface area (TPSA) is 94.6 Å². The molecule has 0 aliphatic carbocycles. The molecule has 0 saturated carbocycles. The minimum atomic E-state index is -4.56. The Morgan fingerprint density at radius 1 is 1.15 bits per heavy atom. The van der Waals surface area contributed by atoms with Crippen molar-refractivity contribution in [3.63, 3.8) is 0 Å². The number of benzene rings is 2. The van der Waals surface area contributed by atoms with Gasteiger partial charge in [-0.3, -0.25) is 4.98 Å². The van der Waals surface area contributed by atoms with Crippen LogP contribution in [0.1, 0.15) is 17.5 Å². The molecule has 6 nitrogen and oxygen atoms in total. The number of halogens is 4. The summed E-state index contributed by atoms with van der Waals surface area (Å²) in [7, 11) is 0. The molecule has 0 radical (unpaired) electrons. The van der Waals surface area contributed by atoms with Crippen molar-refractivity contribution in [1.29, 1.82) is 5.26 Å². The molecule has 0 unspecified atom stereocenters. The average Bonchev–Trinajstić information content (AvgIpc) is 3.44. The normalized spacial score (nSPS) is 16.2. The molecule has 0 spiro atoms. The number of nitrogens with zero attached hydrogens (tertiary/aromatic N) is 4. The van der Waals surface area contributed by atoms with E-state index in [0.29, 0.717) is 35.5 Å². The Balaban J connectivity index is 1.74. The number of nitrogens with one attached hydrogen (secondary N) is 1. The Morgan fingerprint density at radius 3 is 2.65 bits per heavy atom. The van der Waals surface area contributed by atoms with E-state index in [9.17, 15) is 22.8 Å². The number of nitriles is 1. The number of H-pyrrole nitrogens is 1. The van der Waals surface area contributed by atoms with E-state index in [1.165, 1.54) is 36.5 Å². The molecule has 3 heterocycles. The molecular formula is C24H18F4N6. The van der Waals surface area contributed by atoms with Crippen molar-refractivity contribution in [3.05, 3.63) is 65.7 Å². The van der Waals surface area contributed by atoms with Crippen molar-refractivity contribution in [2.45, 2.75) is 18.6 Å². The van der Waals surface area contributed by atoms with Crippen molar-refractivity contribution >= 4 is 16.7 Å². The quantitative estimate of drug-likeness (QED) is 0.421. The highest BCUT2D eigenvalue weighted by atomic mass is 19.4. The second-order valence-corrected chi connectivity index (χ2v) is 8.17. The number of imidazole rings is 1. The number of alkyl halides is 3. The van der Waals surface area contributed by atoms with Gasteiger partial charge in [0.2, 0.25) is 0 Å². The monoisotopic (exact) mass is 466 g/mol. The largest absolute Gasteiger partial charge is 0.418 e. The van der Waals surface area contributed by atoms with Crippen LogP contribution < -0.4 is 10.6 Å². The van der Waals surface area contributed by atoms with Gasteiger partial charge in [0.25, 0.3) is 0 Å². The lowest BCUT2D eigenvalue weighted by atomic mass is 9.99. The predicted molar refractivity (Wildman–Crippen MR) is 119 cm³/mol. The van der Waals surface area contributed by atoms with E-state index in [0.717, 1.165) is 12.5 Å². The third kappa shape index (κ3) is 3.74. The Morgan fingerprint density at radius 2 is 1.94 bits per heavy atom. The average molecular weight is 466 g/mol. The van der Waals surface area contributed by atoms with Crippen LogP contribution in [0.3, 0.4) is 0 Å². The number of pyridine rings is 1. The Kier molecular flexibility index (Phi) is 5.21. The van der Waals surface area contributed by atoms with E-state index in [1.807, 2.05) is 11.0 Å². The summed E-state index contributed by atoms with van der Waals surface area (Å²) < 4.78 is 54.6. The molecule has 4 aromatic rings. The highest BCUT2D eigenvalue weighted by Crippen LogP contribution is 2.41. The lowest BCUT2D eigenvalue weighted by Gasteiger charge is -2.24. The Bertz CT molecular complexity index is 1440. The second-order valence-electron chi connectivity index (χ2n) is 8.17. The first-order chi connectivity index (χ1) is 16.3. The first-order valence-corrected chi connectivity index (χ1v) is 10.5. The maximum atomic E-state index is 14.0. The summed E-state index contributed by atoms with van der Waals surface area (Å²) in [5.74, 6) is -0.420. The van der Waals surface area contributed by atoms with Crippen molar-refractivity contribution in [2.24, 2.45) is 5.73 Å². The van der Waals surface area contributed by atoms with Crippen LogP contribution in [-0.4, -0.2) is 34.1 Å². The molecule has 2 aromatic carbocycles. The van der Waals surface area contributed by atoms with Crippen LogP contribution in [0.25, 0.3) is 33.5 Å². The van der Waals surface area contributed by atoms with E-state index in [-0.39, 0.29) is 28.5 Å². The molecular weight excluding hydrogens is 448 g/mol. The number of nitrogens with two attached hydrogens (primary N) is 1. The van der Waals surface area contributed by atoms with Crippen LogP contribution in [0.5, 0.6) is 0 Å². The number of anilines is 1. The van der Waals surface area contributed by atoms with Gasteiger partial charge < -0.3 is 15.6 Å². The Labute approximate surface area is 191 Å². The number of para-hydroxylation sites is 1. The number of hydrogen-bond donors (Lipinski definition) is 2. The summed E-state index contributed by atoms with van der Waals surface area (Å²) in [5, 5.41) is 9.27. The molecule has 172 valence electrons. The van der Waals surface area contributed by atoms with E-state index >= 15 is 0 Å². The summed E-state index contributed by atoms with van der Waals surface area (Å²) in [4.78, 5) is 13.6. The summed E-state index contributed by atoms with van der Waals surface area (Å²) in [5.41, 5.74) is 7.53. The molecule has 1 aliphatic rings. The van der Waals surface area contributed by atoms with E-state index in [1.54, 1.807) is 6.20 Å². The zero-order valence-corrected chi connectivity index (χ0v) is 17.7. The number of aromatic amines is 1. The summed E-state index contributed by atoms with van der Waals surface area (Å²) >= 11 is 0. The van der Waals surface area contributed by atoms with E-state index in [4.69, 9.17) is 5.73 Å². The fourth-order valence-corrected chi connectivity index (χ4v) is 4.34. The standard InChI is InChI=1S/C24H18F4N6/c25-19-5-4-13(8-14(19)9-29)16-10-31-11-17(22(16)34-7-6-15(30)12-34)23-32-20-3-1-2-18(21(20)33-23)24(26,27)28/h1-5,8,10-11,15H,6-7,12,30H2,(H,32,33)/t15-/m0/s1. The van der Waals surface area contributed by atoms with Gasteiger partial charge in [0.05, 0.1) is 27.9 Å². The number of hydrogen-bond acceptors (Lipinski definition) is 5. The molecule has 0 amide bonds. The molecule has 1 atom stereocenters. The summed E-state index contributed by atoms with van der Waals surface area (Å²) in [6, 6.07) is 9.77. The molecule has 1 saturated heterocycles. The molecule has 10 heteroatoms. The highest BCUT2D eigenvalue weighted by Gasteiger charge is 2.34. The van der Waals surface area contributed by atoms with Gasteiger partial charge in [0.15, 0.2) is 0 Å². The molecule has 5 rings (SSSR count). The van der Waals surface area contributed by atoms with Gasteiger partial charge in [0, 0.05) is 37.1 Å². The summed E-state index contributed by atoms with van der Waals surface area (Å²) in [6.45, 7) is 1.13. The molecule has 0 bridgehead atoms. The maximum Gasteiger partial charge on any atom is 0.418 e. The third-order valence-corrected chi connectivity index (χ3v) is 5.93. The van der Waals surface area contributed by atoms with Crippen LogP contribution in [0, 0.1) is 17.1 Å². The van der Waals surface area contributed by atoms with E-state index in [2.05, 4.69) is 15.0 Å². The van der Waals surface area contributed by atoms with Gasteiger partial charge in [0.1, 0.15) is 23.2 Å². The van der Waals surface area contributed by atoms with Crippen molar-refractivity contribution in [1.82, 2.24) is 15.0 Å². The second kappa shape index (κ2) is 8.11. The fraction of sp³-hybridized carbons (Fsp3) is 0.208. The first kappa shape index (κ1) is 21.9. The lowest BCUT2D eigenvalue weighted by molar-refractivity contribution is -0.136. The van der Waals surface area contributed by atoms with E-state index < -0.39 is 17.6 Å². The van der Waals surface area contributed by atoms with Gasteiger partial charge in [-0.05, 0) is 36.2 Å². The van der Waals surface area contributed by atoms with Gasteiger partial charge in [-0.15, -0.1) is 0 Å². The number of rotatable bonds is 3. The first-order valence-electron chi connectivity index (χ1n) is 10.5. The van der Waals surface area contributed by atoms with Gasteiger partial charge in [-0.25, -0.2) is 9.37 Å². The van der Waals surface area contributed by atoms with Gasteiger partial charge in [-0.2, -0.15) is 18.4 Å². The van der Waals surface area contributed by atoms with Crippen LogP contribution in [0.2, 0.25) is 0 Å². The highest BCUT2D eigenvalue weighted by molar-refractivity contribution is 5.92. The molecule has 2 aromatic heterocycles. The SMILES string of the molecule is N#Cc1cc(-c2cncc(-c3nc4c(C(F)(F)F)cccc4[nH]3)c2N2CC[C@H](N)C2)ccc1F. The van der Waals surface area contributed by atoms with Gasteiger partial charge >= 0.3 is 6.18 Å². The predicted octanol–water partition coefficient (Wildman–Crippen LogP) is 4.86. The fourth-order valence-electron chi connectivity index (χ4n) is 4.34. The van der Waals surface area contributed by atoms with Crippen molar-refractivity contribution < 1.29 is 17.6 Å². The lowest BCUT2D eigenvalue weighted by Crippen LogP contribution is -2.27. The minimum absolute atomic E-state index is 0.0794. The molecule has 3 N–H and O–H groups in total. The van der Waals surface area contributed by atoms with Crippen molar-refractivity contribution in [3.8, 4) is 28.6 Å². The third-order valence-electron chi connectivity index (χ3n) is 5.93. The molecule has 1 fully saturated rings. The Hall–Kier alpha value is -3.97. The summed E-state index contributed by atoms with van der Waals surface area (Å²) in [6.07, 6.45) is -0.714. The molecule has 1 aliphatic heterocycles. The van der Waals surface area contributed by atoms with Crippen molar-refractivity contribution in [2.75, 3.05) is 18.0 Å². The number of aromatic nitrogens is 3.